The normalized spacial score (nSPS) is 14.9. The van der Waals surface area contributed by atoms with Gasteiger partial charge in [0.15, 0.2) is 5.82 Å². The molecule has 0 aliphatic carbocycles. The number of rotatable bonds is 7. The van der Waals surface area contributed by atoms with E-state index >= 15 is 0 Å². The van der Waals surface area contributed by atoms with E-state index < -0.39 is 17.5 Å². The summed E-state index contributed by atoms with van der Waals surface area (Å²) in [5.41, 5.74) is 2.13. The predicted molar refractivity (Wildman–Crippen MR) is 111 cm³/mol. The van der Waals surface area contributed by atoms with Gasteiger partial charge in [-0.25, -0.2) is 24.2 Å². The number of amides is 1. The molecule has 174 valence electrons. The zero-order chi connectivity index (χ0) is 23.4. The number of halogens is 2. The van der Waals surface area contributed by atoms with E-state index in [0.717, 1.165) is 32.0 Å². The molecule has 0 radical (unpaired) electrons. The summed E-state index contributed by atoms with van der Waals surface area (Å²) in [6, 6.07) is 3.66. The van der Waals surface area contributed by atoms with Gasteiger partial charge in [0.25, 0.3) is 5.91 Å². The number of hydrogen-bond donors (Lipinski definition) is 2. The summed E-state index contributed by atoms with van der Waals surface area (Å²) in [6.45, 7) is 2.20. The van der Waals surface area contributed by atoms with E-state index in [-0.39, 0.29) is 18.0 Å². The first-order valence-corrected chi connectivity index (χ1v) is 10.4. The van der Waals surface area contributed by atoms with E-state index in [1.54, 1.807) is 11.9 Å². The Labute approximate surface area is 188 Å². The van der Waals surface area contributed by atoms with Crippen LogP contribution in [0.25, 0.3) is 0 Å². The summed E-state index contributed by atoms with van der Waals surface area (Å²) in [5, 5.41) is 12.8. The maximum absolute atomic E-state index is 13.9. The van der Waals surface area contributed by atoms with Crippen molar-refractivity contribution < 1.29 is 23.3 Å². The van der Waals surface area contributed by atoms with Crippen molar-refractivity contribution in [3.8, 4) is 0 Å². The summed E-state index contributed by atoms with van der Waals surface area (Å²) in [7, 11) is 1.75. The van der Waals surface area contributed by atoms with E-state index in [4.69, 9.17) is 9.73 Å². The van der Waals surface area contributed by atoms with Crippen LogP contribution in [0.2, 0.25) is 0 Å². The van der Waals surface area contributed by atoms with Gasteiger partial charge in [-0.1, -0.05) is 11.2 Å². The number of hydroxylamine groups is 1. The number of hydrogen-bond acceptors (Lipinski definition) is 9. The van der Waals surface area contributed by atoms with Crippen LogP contribution in [-0.2, 0) is 13.1 Å². The smallest absolute Gasteiger partial charge is 0.277 e. The lowest BCUT2D eigenvalue weighted by Gasteiger charge is -2.30. The topological polar surface area (TPSA) is 121 Å². The van der Waals surface area contributed by atoms with Crippen LogP contribution in [0.3, 0.4) is 0 Å². The highest BCUT2D eigenvalue weighted by Gasteiger charge is 2.25. The molecule has 0 spiro atoms. The van der Waals surface area contributed by atoms with Gasteiger partial charge in [-0.2, -0.15) is 4.98 Å². The van der Waals surface area contributed by atoms with Gasteiger partial charge < -0.3 is 9.42 Å². The minimum Gasteiger partial charge on any atom is -0.337 e. The molecule has 0 bridgehead atoms. The monoisotopic (exact) mass is 459 g/mol. The zero-order valence-electron chi connectivity index (χ0n) is 17.9. The van der Waals surface area contributed by atoms with Crippen molar-refractivity contribution in [1.82, 2.24) is 30.5 Å². The van der Waals surface area contributed by atoms with Crippen molar-refractivity contribution in [2.45, 2.75) is 31.8 Å². The lowest BCUT2D eigenvalue weighted by atomic mass is 9.96. The van der Waals surface area contributed by atoms with Gasteiger partial charge >= 0.3 is 0 Å². The maximum Gasteiger partial charge on any atom is 0.277 e. The summed E-state index contributed by atoms with van der Waals surface area (Å²) in [5.74, 6) is -0.281. The van der Waals surface area contributed by atoms with Crippen LogP contribution < -0.4 is 10.4 Å². The molecule has 10 nitrogen and oxygen atoms in total. The van der Waals surface area contributed by atoms with Gasteiger partial charge in [0, 0.05) is 43.5 Å². The molecule has 12 heteroatoms. The molecule has 1 amide bonds. The second kappa shape index (κ2) is 9.96. The molecule has 0 atom stereocenters. The number of carbonyl (C=O) groups excluding carboxylic acids is 1. The lowest BCUT2D eigenvalue weighted by Crippen LogP contribution is -2.33. The first-order chi connectivity index (χ1) is 15.9. The van der Waals surface area contributed by atoms with Crippen LogP contribution in [-0.4, -0.2) is 56.3 Å². The van der Waals surface area contributed by atoms with Crippen molar-refractivity contribution in [1.29, 1.82) is 0 Å². The molecule has 3 aromatic rings. The van der Waals surface area contributed by atoms with Crippen molar-refractivity contribution >= 4 is 11.9 Å². The summed E-state index contributed by atoms with van der Waals surface area (Å²) in [4.78, 5) is 27.9. The number of nitrogens with zero attached hydrogens (tertiary/aromatic N) is 6. The van der Waals surface area contributed by atoms with E-state index in [1.165, 1.54) is 30.0 Å². The van der Waals surface area contributed by atoms with E-state index in [1.807, 2.05) is 0 Å². The van der Waals surface area contributed by atoms with Crippen molar-refractivity contribution in [2.75, 3.05) is 25.0 Å². The molecule has 1 fully saturated rings. The van der Waals surface area contributed by atoms with Gasteiger partial charge in [0.2, 0.25) is 11.8 Å². The summed E-state index contributed by atoms with van der Waals surface area (Å²) >= 11 is 0. The third-order valence-corrected chi connectivity index (χ3v) is 5.56. The molecule has 3 heterocycles. The Morgan fingerprint density at radius 1 is 1.27 bits per heavy atom. The van der Waals surface area contributed by atoms with Crippen LogP contribution in [0.15, 0.2) is 35.1 Å². The van der Waals surface area contributed by atoms with Gasteiger partial charge in [0.05, 0.1) is 12.1 Å². The standard InChI is InChI=1S/C21H23F2N7O3/c1-29(21-24-9-15(10-25-21)20(31)27-32)12-18-26-19(28-33-18)13-4-6-30(7-5-13)11-14-2-3-16(22)8-17(14)23/h2-3,8-10,13,32H,4-7,11-12H2,1H3,(H,27,31). The first-order valence-electron chi connectivity index (χ1n) is 10.4. The molecule has 0 saturated carbocycles. The fourth-order valence-electron chi connectivity index (χ4n) is 3.71. The second-order valence-electron chi connectivity index (χ2n) is 7.90. The third-order valence-electron chi connectivity index (χ3n) is 5.56. The fraction of sp³-hybridized carbons (Fsp3) is 0.381. The Kier molecular flexibility index (Phi) is 6.84. The Balaban J connectivity index is 1.30. The summed E-state index contributed by atoms with van der Waals surface area (Å²) < 4.78 is 32.4. The van der Waals surface area contributed by atoms with Crippen molar-refractivity contribution in [2.24, 2.45) is 0 Å². The average Bonchev–Trinajstić information content (AvgIpc) is 3.29. The van der Waals surface area contributed by atoms with Crippen LogP contribution in [0.4, 0.5) is 14.7 Å². The number of anilines is 1. The molecule has 1 saturated heterocycles. The molecule has 33 heavy (non-hydrogen) atoms. The number of benzene rings is 1. The summed E-state index contributed by atoms with van der Waals surface area (Å²) in [6.07, 6.45) is 4.20. The van der Waals surface area contributed by atoms with Gasteiger partial charge in [-0.3, -0.25) is 14.9 Å². The van der Waals surface area contributed by atoms with Crippen LogP contribution in [0, 0.1) is 11.6 Å². The number of piperidine rings is 1. The number of likely N-dealkylation sites (tertiary alicyclic amines) is 1. The van der Waals surface area contributed by atoms with Crippen molar-refractivity contribution in [3.63, 3.8) is 0 Å². The molecular formula is C21H23F2N7O3. The van der Waals surface area contributed by atoms with Gasteiger partial charge in [-0.15, -0.1) is 0 Å². The molecule has 1 aromatic carbocycles. The van der Waals surface area contributed by atoms with E-state index in [2.05, 4.69) is 25.0 Å². The fourth-order valence-corrected chi connectivity index (χ4v) is 3.71. The quantitative estimate of drug-likeness (QED) is 0.405. The molecule has 1 aliphatic heterocycles. The third kappa shape index (κ3) is 5.46. The lowest BCUT2D eigenvalue weighted by molar-refractivity contribution is 0.0705. The van der Waals surface area contributed by atoms with E-state index in [0.29, 0.717) is 29.8 Å². The molecule has 0 unspecified atom stereocenters. The van der Waals surface area contributed by atoms with Crippen LogP contribution in [0.1, 0.15) is 46.4 Å². The first kappa shape index (κ1) is 22.7. The Hall–Kier alpha value is -3.51. The van der Waals surface area contributed by atoms with Gasteiger partial charge in [0.1, 0.15) is 11.6 Å². The minimum atomic E-state index is -0.695. The highest BCUT2D eigenvalue weighted by molar-refractivity contribution is 5.92. The highest BCUT2D eigenvalue weighted by atomic mass is 19.1. The zero-order valence-corrected chi connectivity index (χ0v) is 17.9. The average molecular weight is 459 g/mol. The molecule has 2 N–H and O–H groups in total. The Morgan fingerprint density at radius 2 is 2.00 bits per heavy atom. The van der Waals surface area contributed by atoms with Gasteiger partial charge in [-0.05, 0) is 32.0 Å². The molecule has 1 aliphatic rings. The molecule has 4 rings (SSSR count). The number of aromatic nitrogens is 4. The second-order valence-corrected chi connectivity index (χ2v) is 7.90. The number of carbonyl (C=O) groups is 1. The Morgan fingerprint density at radius 3 is 2.67 bits per heavy atom. The number of nitrogens with one attached hydrogen (secondary N) is 1. The van der Waals surface area contributed by atoms with E-state index in [9.17, 15) is 13.6 Å². The van der Waals surface area contributed by atoms with Crippen LogP contribution >= 0.6 is 0 Å². The highest BCUT2D eigenvalue weighted by Crippen LogP contribution is 2.27. The predicted octanol–water partition coefficient (Wildman–Crippen LogP) is 2.27. The maximum atomic E-state index is 13.9. The SMILES string of the molecule is CN(Cc1nc(C2CCN(Cc3ccc(F)cc3F)CC2)no1)c1ncc(C(=O)NO)cn1. The van der Waals surface area contributed by atoms with Crippen molar-refractivity contribution in [3.05, 3.63) is 65.1 Å². The minimum absolute atomic E-state index is 0.128. The largest absolute Gasteiger partial charge is 0.337 e. The molecule has 2 aromatic heterocycles. The van der Waals surface area contributed by atoms with Crippen LogP contribution in [0.5, 0.6) is 0 Å². The molecular weight excluding hydrogens is 436 g/mol. The Bertz CT molecular complexity index is 1100.